The van der Waals surface area contributed by atoms with Crippen LogP contribution in [0.5, 0.6) is 0 Å². The molecule has 0 radical (unpaired) electrons. The maximum absolute atomic E-state index is 4.33. The quantitative estimate of drug-likeness (QED) is 0.666. The van der Waals surface area contributed by atoms with E-state index in [2.05, 4.69) is 25.9 Å². The fourth-order valence-corrected chi connectivity index (χ4v) is 1.83. The monoisotopic (exact) mass is 223 g/mol. The summed E-state index contributed by atoms with van der Waals surface area (Å²) in [6, 6.07) is 2.00. The van der Waals surface area contributed by atoms with E-state index in [9.17, 15) is 0 Å². The van der Waals surface area contributed by atoms with Crippen LogP contribution in [0.25, 0.3) is 0 Å². The van der Waals surface area contributed by atoms with Crippen molar-refractivity contribution in [2.24, 2.45) is 9.98 Å². The zero-order chi connectivity index (χ0) is 10.7. The first-order chi connectivity index (χ1) is 7.28. The van der Waals surface area contributed by atoms with Gasteiger partial charge in [0, 0.05) is 12.4 Å². The van der Waals surface area contributed by atoms with Crippen molar-refractivity contribution in [2.45, 2.75) is 13.1 Å². The van der Waals surface area contributed by atoms with Gasteiger partial charge in [-0.25, -0.2) is 9.98 Å². The maximum atomic E-state index is 4.33. The lowest BCUT2D eigenvalue weighted by molar-refractivity contribution is 0.756. The lowest BCUT2D eigenvalue weighted by Crippen LogP contribution is -2.46. The van der Waals surface area contributed by atoms with E-state index in [0.717, 1.165) is 17.6 Å². The number of hydrogen-bond donors (Lipinski definition) is 3. The molecule has 80 valence electrons. The van der Waals surface area contributed by atoms with E-state index < -0.39 is 0 Å². The summed E-state index contributed by atoms with van der Waals surface area (Å²) in [6.07, 6.45) is -0.0603. The molecule has 0 saturated carbocycles. The number of anilines is 1. The summed E-state index contributed by atoms with van der Waals surface area (Å²) in [5, 5.41) is 13.2. The molecule has 0 spiro atoms. The molecule has 2 rings (SSSR count). The van der Waals surface area contributed by atoms with Gasteiger partial charge >= 0.3 is 0 Å². The second kappa shape index (κ2) is 4.31. The molecule has 1 aromatic heterocycles. The van der Waals surface area contributed by atoms with Crippen LogP contribution in [0.15, 0.2) is 26.8 Å². The molecule has 1 aliphatic heterocycles. The molecule has 6 heteroatoms. The Hall–Kier alpha value is -1.56. The van der Waals surface area contributed by atoms with Crippen LogP contribution in [-0.2, 0) is 0 Å². The zero-order valence-corrected chi connectivity index (χ0v) is 9.43. The largest absolute Gasteiger partial charge is 0.359 e. The van der Waals surface area contributed by atoms with Gasteiger partial charge < -0.3 is 10.6 Å². The van der Waals surface area contributed by atoms with Gasteiger partial charge in [0.05, 0.1) is 5.69 Å². The normalized spacial score (nSPS) is 20.0. The molecule has 1 unspecified atom stereocenters. The van der Waals surface area contributed by atoms with E-state index in [-0.39, 0.29) is 6.17 Å². The fraction of sp³-hybridized carbons (Fsp3) is 0.333. The third-order valence-corrected chi connectivity index (χ3v) is 2.57. The highest BCUT2D eigenvalue weighted by molar-refractivity contribution is 7.08. The van der Waals surface area contributed by atoms with Crippen molar-refractivity contribution in [3.63, 3.8) is 0 Å². The van der Waals surface area contributed by atoms with Gasteiger partial charge in [0.15, 0.2) is 5.96 Å². The summed E-state index contributed by atoms with van der Waals surface area (Å²) in [4.78, 5) is 8.58. The molecule has 0 bridgehead atoms. The number of guanidine groups is 2. The van der Waals surface area contributed by atoms with Gasteiger partial charge in [-0.1, -0.05) is 0 Å². The Morgan fingerprint density at radius 2 is 2.20 bits per heavy atom. The molecule has 0 aliphatic carbocycles. The number of rotatable bonds is 1. The number of thiophene rings is 1. The Kier molecular flexibility index (Phi) is 2.86. The summed E-state index contributed by atoms with van der Waals surface area (Å²) >= 11 is 1.64. The van der Waals surface area contributed by atoms with Crippen LogP contribution in [0.4, 0.5) is 5.69 Å². The first-order valence-electron chi connectivity index (χ1n) is 4.67. The van der Waals surface area contributed by atoms with Crippen LogP contribution in [0.3, 0.4) is 0 Å². The number of hydrogen-bond acceptors (Lipinski definition) is 6. The van der Waals surface area contributed by atoms with Crippen molar-refractivity contribution in [1.82, 2.24) is 10.6 Å². The van der Waals surface area contributed by atoms with Crippen molar-refractivity contribution < 1.29 is 0 Å². The Balaban J connectivity index is 2.05. The molecule has 1 aromatic rings. The van der Waals surface area contributed by atoms with Crippen molar-refractivity contribution in [2.75, 3.05) is 12.4 Å². The molecular weight excluding hydrogens is 210 g/mol. The smallest absolute Gasteiger partial charge is 0.204 e. The van der Waals surface area contributed by atoms with Gasteiger partial charge in [-0.05, 0) is 18.4 Å². The van der Waals surface area contributed by atoms with E-state index in [1.165, 1.54) is 0 Å². The lowest BCUT2D eigenvalue weighted by atomic mass is 10.5. The van der Waals surface area contributed by atoms with E-state index >= 15 is 0 Å². The predicted octanol–water partition coefficient (Wildman–Crippen LogP) is 1.04. The summed E-state index contributed by atoms with van der Waals surface area (Å²) in [6.45, 7) is 1.94. The minimum absolute atomic E-state index is 0.0603. The van der Waals surface area contributed by atoms with Gasteiger partial charge in [0.25, 0.3) is 0 Å². The Morgan fingerprint density at radius 1 is 1.40 bits per heavy atom. The first-order valence-corrected chi connectivity index (χ1v) is 5.62. The van der Waals surface area contributed by atoms with Crippen molar-refractivity contribution in [3.05, 3.63) is 16.8 Å². The molecule has 0 saturated heterocycles. The van der Waals surface area contributed by atoms with Crippen LogP contribution < -0.4 is 16.0 Å². The van der Waals surface area contributed by atoms with Gasteiger partial charge in [-0.2, -0.15) is 11.3 Å². The average Bonchev–Trinajstić information content (AvgIpc) is 2.69. The minimum atomic E-state index is -0.0603. The molecular formula is C9H13N5S. The van der Waals surface area contributed by atoms with Gasteiger partial charge in [-0.3, -0.25) is 5.32 Å². The van der Waals surface area contributed by atoms with Crippen LogP contribution in [0.2, 0.25) is 0 Å². The highest BCUT2D eigenvalue weighted by Crippen LogP contribution is 2.12. The summed E-state index contributed by atoms with van der Waals surface area (Å²) in [5.41, 5.74) is 1.04. The van der Waals surface area contributed by atoms with Crippen LogP contribution in [-0.4, -0.2) is 25.1 Å². The average molecular weight is 223 g/mol. The summed E-state index contributed by atoms with van der Waals surface area (Å²) in [7, 11) is 1.83. The van der Waals surface area contributed by atoms with E-state index in [1.807, 2.05) is 30.8 Å². The van der Waals surface area contributed by atoms with E-state index in [0.29, 0.717) is 0 Å². The predicted molar refractivity (Wildman–Crippen MR) is 64.5 cm³/mol. The van der Waals surface area contributed by atoms with Crippen LogP contribution in [0, 0.1) is 0 Å². The Bertz CT molecular complexity index is 381. The molecule has 5 nitrogen and oxygen atoms in total. The molecule has 15 heavy (non-hydrogen) atoms. The van der Waals surface area contributed by atoms with Crippen LogP contribution in [0.1, 0.15) is 6.92 Å². The SMILES string of the molecule is CNC1=NC(C)N=C(Nc2ccsc2)N1. The molecule has 1 atom stereocenters. The second-order valence-electron chi connectivity index (χ2n) is 3.10. The van der Waals surface area contributed by atoms with Crippen molar-refractivity contribution in [1.29, 1.82) is 0 Å². The zero-order valence-electron chi connectivity index (χ0n) is 8.61. The molecule has 0 aromatic carbocycles. The maximum Gasteiger partial charge on any atom is 0.204 e. The Labute approximate surface area is 92.3 Å². The highest BCUT2D eigenvalue weighted by atomic mass is 32.1. The summed E-state index contributed by atoms with van der Waals surface area (Å²) < 4.78 is 0. The number of aliphatic imine (C=N–C) groups is 2. The lowest BCUT2D eigenvalue weighted by Gasteiger charge is -2.19. The fourth-order valence-electron chi connectivity index (χ4n) is 1.24. The third kappa shape index (κ3) is 2.47. The number of nitrogens with one attached hydrogen (secondary N) is 3. The van der Waals surface area contributed by atoms with Crippen molar-refractivity contribution in [3.8, 4) is 0 Å². The molecule has 1 aliphatic rings. The van der Waals surface area contributed by atoms with Gasteiger partial charge in [-0.15, -0.1) is 0 Å². The summed E-state index contributed by atoms with van der Waals surface area (Å²) in [5.74, 6) is 1.45. The van der Waals surface area contributed by atoms with E-state index in [4.69, 9.17) is 0 Å². The number of nitrogens with zero attached hydrogens (tertiary/aromatic N) is 2. The third-order valence-electron chi connectivity index (χ3n) is 1.89. The minimum Gasteiger partial charge on any atom is -0.359 e. The first kappa shape index (κ1) is 9.97. The second-order valence-corrected chi connectivity index (χ2v) is 3.88. The van der Waals surface area contributed by atoms with Gasteiger partial charge in [0.2, 0.25) is 5.96 Å². The topological polar surface area (TPSA) is 60.8 Å². The van der Waals surface area contributed by atoms with Crippen LogP contribution >= 0.6 is 11.3 Å². The Morgan fingerprint density at radius 3 is 2.87 bits per heavy atom. The van der Waals surface area contributed by atoms with Gasteiger partial charge in [0.1, 0.15) is 6.17 Å². The standard InChI is InChI=1S/C9H13N5S/c1-6-11-8(10-2)14-9(12-6)13-7-3-4-15-5-7/h3-6H,1-2H3,(H3,10,11,12,13,14). The molecule has 3 N–H and O–H groups in total. The molecule has 0 amide bonds. The molecule has 0 fully saturated rings. The van der Waals surface area contributed by atoms with E-state index in [1.54, 1.807) is 11.3 Å². The molecule has 2 heterocycles. The van der Waals surface area contributed by atoms with Crippen molar-refractivity contribution >= 4 is 28.9 Å². The highest BCUT2D eigenvalue weighted by Gasteiger charge is 2.11.